The molecule has 4 aliphatic carbocycles. The molecule has 5 aliphatic rings. The minimum Gasteiger partial charge on any atom is -0.294 e. The standard InChI is InChI=1S/C22H16ClNO/c23-17-8-10-18(11-9-17)24-21(25)14-16-7-6-15-12-13-22(16,24)20-5-3-1-2-4-19(15)20/h1-15,20H/t15-,20?,22+/m0/s1. The molecular weight excluding hydrogens is 330 g/mol. The van der Waals surface area contributed by atoms with Crippen molar-refractivity contribution in [2.24, 2.45) is 11.8 Å². The van der Waals surface area contributed by atoms with Crippen LogP contribution in [0.25, 0.3) is 0 Å². The van der Waals surface area contributed by atoms with Gasteiger partial charge in [-0.2, -0.15) is 0 Å². The third-order valence-corrected chi connectivity index (χ3v) is 5.74. The molecule has 2 nitrogen and oxygen atoms in total. The average molecular weight is 346 g/mol. The molecule has 0 fully saturated rings. The molecule has 1 aromatic carbocycles. The molecule has 2 bridgehead atoms. The minimum absolute atomic E-state index is 0.0110. The van der Waals surface area contributed by atoms with Crippen LogP contribution in [0.15, 0.2) is 96.2 Å². The van der Waals surface area contributed by atoms with E-state index in [0.29, 0.717) is 5.02 Å². The summed E-state index contributed by atoms with van der Waals surface area (Å²) in [5.41, 5.74) is 2.72. The van der Waals surface area contributed by atoms with E-state index in [1.807, 2.05) is 35.2 Å². The van der Waals surface area contributed by atoms with Crippen LogP contribution in [-0.2, 0) is 4.79 Å². The predicted molar refractivity (Wildman–Crippen MR) is 101 cm³/mol. The fraction of sp³-hybridized carbons (Fsp3) is 0.136. The lowest BCUT2D eigenvalue weighted by Crippen LogP contribution is -2.53. The number of halogens is 1. The van der Waals surface area contributed by atoms with Crippen LogP contribution in [0.5, 0.6) is 0 Å². The van der Waals surface area contributed by atoms with Gasteiger partial charge in [0, 0.05) is 28.6 Å². The Morgan fingerprint density at radius 3 is 2.68 bits per heavy atom. The van der Waals surface area contributed by atoms with E-state index in [1.165, 1.54) is 5.57 Å². The number of hydrogen-bond acceptors (Lipinski definition) is 1. The van der Waals surface area contributed by atoms with Gasteiger partial charge >= 0.3 is 0 Å². The molecule has 0 N–H and O–H groups in total. The summed E-state index contributed by atoms with van der Waals surface area (Å²) in [7, 11) is 0. The summed E-state index contributed by atoms with van der Waals surface area (Å²) in [6.07, 6.45) is 21.1. The van der Waals surface area contributed by atoms with Crippen LogP contribution in [0, 0.1) is 11.8 Å². The molecule has 6 rings (SSSR count). The Balaban J connectivity index is 1.76. The number of allylic oxidation sites excluding steroid dienone is 6. The van der Waals surface area contributed by atoms with E-state index in [-0.39, 0.29) is 17.7 Å². The summed E-state index contributed by atoms with van der Waals surface area (Å²) in [5, 5.41) is 0.667. The SMILES string of the molecule is O=C1C=C2C=C[C@H]3C=C[C@@]2(C2C=CC=CC=C23)N1c1ccc(Cl)cc1. The van der Waals surface area contributed by atoms with Crippen LogP contribution in [-0.4, -0.2) is 11.4 Å². The lowest BCUT2D eigenvalue weighted by Gasteiger charge is -2.46. The number of nitrogens with zero attached hydrogens (tertiary/aromatic N) is 1. The number of rotatable bonds is 1. The third-order valence-electron chi connectivity index (χ3n) is 5.49. The van der Waals surface area contributed by atoms with E-state index in [0.717, 1.165) is 11.3 Å². The van der Waals surface area contributed by atoms with Crippen LogP contribution in [0.2, 0.25) is 5.02 Å². The van der Waals surface area contributed by atoms with Crippen molar-refractivity contribution in [1.29, 1.82) is 0 Å². The van der Waals surface area contributed by atoms with Crippen LogP contribution < -0.4 is 4.90 Å². The monoisotopic (exact) mass is 345 g/mol. The molecule has 25 heavy (non-hydrogen) atoms. The number of benzene rings is 1. The Labute approximate surface area is 151 Å². The Bertz CT molecular complexity index is 945. The molecule has 0 radical (unpaired) electrons. The smallest absolute Gasteiger partial charge is 0.252 e. The molecule has 0 saturated carbocycles. The second-order valence-corrected chi connectivity index (χ2v) is 7.17. The molecule has 1 aromatic rings. The van der Waals surface area contributed by atoms with E-state index < -0.39 is 5.54 Å². The fourth-order valence-corrected chi connectivity index (χ4v) is 4.54. The second kappa shape index (κ2) is 5.21. The molecule has 1 amide bonds. The number of carbonyl (C=O) groups is 1. The summed E-state index contributed by atoms with van der Waals surface area (Å²) >= 11 is 6.06. The molecule has 0 aromatic heterocycles. The number of anilines is 1. The molecule has 1 unspecified atom stereocenters. The minimum atomic E-state index is -0.511. The van der Waals surface area contributed by atoms with Crippen LogP contribution in [0.4, 0.5) is 5.69 Å². The van der Waals surface area contributed by atoms with Crippen LogP contribution in [0.3, 0.4) is 0 Å². The summed E-state index contributed by atoms with van der Waals surface area (Å²) in [6, 6.07) is 7.51. The van der Waals surface area contributed by atoms with Gasteiger partial charge in [0.25, 0.3) is 5.91 Å². The van der Waals surface area contributed by atoms with Gasteiger partial charge in [0.2, 0.25) is 0 Å². The zero-order chi connectivity index (χ0) is 17.0. The summed E-state index contributed by atoms with van der Waals surface area (Å²) < 4.78 is 0. The van der Waals surface area contributed by atoms with Gasteiger partial charge in [-0.3, -0.25) is 9.69 Å². The number of hydrogen-bond donors (Lipinski definition) is 0. The van der Waals surface area contributed by atoms with Crippen molar-refractivity contribution in [3.8, 4) is 0 Å². The molecule has 1 aliphatic heterocycles. The first-order chi connectivity index (χ1) is 12.2. The molecule has 0 saturated heterocycles. The van der Waals surface area contributed by atoms with Gasteiger partial charge in [0.05, 0.1) is 0 Å². The largest absolute Gasteiger partial charge is 0.294 e. The van der Waals surface area contributed by atoms with Gasteiger partial charge in [-0.1, -0.05) is 66.3 Å². The Kier molecular flexibility index (Phi) is 3.07. The zero-order valence-electron chi connectivity index (χ0n) is 13.5. The first kappa shape index (κ1) is 14.7. The topological polar surface area (TPSA) is 20.3 Å². The second-order valence-electron chi connectivity index (χ2n) is 6.73. The van der Waals surface area contributed by atoms with Crippen molar-refractivity contribution in [3.63, 3.8) is 0 Å². The van der Waals surface area contributed by atoms with E-state index in [4.69, 9.17) is 11.6 Å². The summed E-state index contributed by atoms with van der Waals surface area (Å²) in [5.74, 6) is 0.398. The molecule has 3 atom stereocenters. The van der Waals surface area contributed by atoms with Gasteiger partial charge in [-0.25, -0.2) is 0 Å². The van der Waals surface area contributed by atoms with Crippen molar-refractivity contribution in [2.75, 3.05) is 4.90 Å². The van der Waals surface area contributed by atoms with E-state index >= 15 is 0 Å². The van der Waals surface area contributed by atoms with E-state index in [9.17, 15) is 4.79 Å². The van der Waals surface area contributed by atoms with Crippen molar-refractivity contribution >= 4 is 23.2 Å². The van der Waals surface area contributed by atoms with E-state index in [2.05, 4.69) is 48.6 Å². The zero-order valence-corrected chi connectivity index (χ0v) is 14.2. The van der Waals surface area contributed by atoms with Crippen LogP contribution >= 0.6 is 11.6 Å². The third kappa shape index (κ3) is 1.95. The van der Waals surface area contributed by atoms with E-state index in [1.54, 1.807) is 6.08 Å². The van der Waals surface area contributed by atoms with Crippen molar-refractivity contribution in [3.05, 3.63) is 101 Å². The predicted octanol–water partition coefficient (Wildman–Crippen LogP) is 4.78. The lowest BCUT2D eigenvalue weighted by atomic mass is 9.69. The Morgan fingerprint density at radius 1 is 1.00 bits per heavy atom. The first-order valence-corrected chi connectivity index (χ1v) is 8.82. The van der Waals surface area contributed by atoms with Gasteiger partial charge < -0.3 is 0 Å². The molecule has 1 spiro atoms. The van der Waals surface area contributed by atoms with Gasteiger partial charge in [0.1, 0.15) is 5.54 Å². The number of amides is 1. The quantitative estimate of drug-likeness (QED) is 0.671. The molecule has 1 heterocycles. The van der Waals surface area contributed by atoms with Crippen molar-refractivity contribution in [2.45, 2.75) is 5.54 Å². The fourth-order valence-electron chi connectivity index (χ4n) is 4.41. The average Bonchev–Trinajstić information content (AvgIpc) is 2.85. The van der Waals surface area contributed by atoms with Gasteiger partial charge in [-0.05, 0) is 35.4 Å². The highest BCUT2D eigenvalue weighted by Gasteiger charge is 2.54. The Hall–Kier alpha value is -2.58. The maximum absolute atomic E-state index is 13.0. The van der Waals surface area contributed by atoms with Gasteiger partial charge in [-0.15, -0.1) is 0 Å². The number of carbonyl (C=O) groups excluding carboxylic acids is 1. The van der Waals surface area contributed by atoms with Gasteiger partial charge in [0.15, 0.2) is 0 Å². The highest BCUT2D eigenvalue weighted by atomic mass is 35.5. The maximum Gasteiger partial charge on any atom is 0.252 e. The van der Waals surface area contributed by atoms with Crippen molar-refractivity contribution in [1.82, 2.24) is 0 Å². The molecular formula is C22H16ClNO. The molecule has 122 valence electrons. The first-order valence-electron chi connectivity index (χ1n) is 8.44. The lowest BCUT2D eigenvalue weighted by molar-refractivity contribution is -0.114. The van der Waals surface area contributed by atoms with Crippen LogP contribution in [0.1, 0.15) is 0 Å². The summed E-state index contributed by atoms with van der Waals surface area (Å²) in [6.45, 7) is 0. The molecule has 3 heteroatoms. The highest BCUT2D eigenvalue weighted by Crippen LogP contribution is 2.52. The highest BCUT2D eigenvalue weighted by molar-refractivity contribution is 6.30. The summed E-state index contributed by atoms with van der Waals surface area (Å²) in [4.78, 5) is 14.9. The van der Waals surface area contributed by atoms with Crippen molar-refractivity contribution < 1.29 is 4.79 Å². The maximum atomic E-state index is 13.0. The normalized spacial score (nSPS) is 31.4. The Morgan fingerprint density at radius 2 is 1.84 bits per heavy atom.